The monoisotopic (exact) mass is 379 g/mol. The molecule has 0 saturated carbocycles. The van der Waals surface area contributed by atoms with Crippen molar-refractivity contribution >= 4 is 38.4 Å². The minimum absolute atomic E-state index is 0.00453. The molecule has 25 heavy (non-hydrogen) atoms. The normalized spacial score (nSPS) is 27.3. The van der Waals surface area contributed by atoms with Crippen molar-refractivity contribution in [3.8, 4) is 17.6 Å². The fourth-order valence-electron chi connectivity index (χ4n) is 3.12. The Balaban J connectivity index is 1.74. The van der Waals surface area contributed by atoms with Gasteiger partial charge in [-0.2, -0.15) is 10.3 Å². The fourth-order valence-corrected chi connectivity index (χ4v) is 7.05. The highest BCUT2D eigenvalue weighted by molar-refractivity contribution is 8.16. The second-order valence-electron chi connectivity index (χ2n) is 5.83. The van der Waals surface area contributed by atoms with Crippen molar-refractivity contribution in [2.45, 2.75) is 17.7 Å². The molecule has 0 spiro atoms. The first-order chi connectivity index (χ1) is 12.0. The van der Waals surface area contributed by atoms with Crippen molar-refractivity contribution in [3.05, 3.63) is 18.2 Å². The predicted octanol–water partition coefficient (Wildman–Crippen LogP) is 0.930. The molecule has 3 aliphatic heterocycles. The molecule has 2 saturated heterocycles. The number of ether oxygens (including phenoxy) is 2. The second-order valence-corrected chi connectivity index (χ2v) is 9.19. The van der Waals surface area contributed by atoms with E-state index in [0.717, 1.165) is 0 Å². The van der Waals surface area contributed by atoms with Crippen LogP contribution < -0.4 is 14.4 Å². The summed E-state index contributed by atoms with van der Waals surface area (Å²) >= 11 is 1.27. The van der Waals surface area contributed by atoms with Crippen molar-refractivity contribution in [2.24, 2.45) is 4.99 Å². The average Bonchev–Trinajstić information content (AvgIpc) is 3.18. The smallest absolute Gasteiger partial charge is 0.262 e. The highest BCUT2D eigenvalue weighted by atomic mass is 32.2. The van der Waals surface area contributed by atoms with Crippen LogP contribution in [0.5, 0.6) is 11.5 Å². The lowest BCUT2D eigenvalue weighted by Gasteiger charge is -2.24. The van der Waals surface area contributed by atoms with Crippen molar-refractivity contribution in [3.63, 3.8) is 0 Å². The van der Waals surface area contributed by atoms with Gasteiger partial charge in [-0.3, -0.25) is 4.79 Å². The van der Waals surface area contributed by atoms with Crippen molar-refractivity contribution < 1.29 is 22.7 Å². The van der Waals surface area contributed by atoms with Crippen LogP contribution in [0.25, 0.3) is 0 Å². The largest absolute Gasteiger partial charge is 0.454 e. The summed E-state index contributed by atoms with van der Waals surface area (Å²) in [5.74, 6) is 0.692. The molecule has 0 N–H and O–H groups in total. The van der Waals surface area contributed by atoms with E-state index in [1.54, 1.807) is 29.2 Å². The summed E-state index contributed by atoms with van der Waals surface area (Å²) in [6.45, 7) is 0.134. The molecule has 3 heterocycles. The van der Waals surface area contributed by atoms with E-state index in [1.165, 1.54) is 11.8 Å². The number of amidine groups is 1. The molecular weight excluding hydrogens is 366 g/mol. The molecule has 130 valence electrons. The van der Waals surface area contributed by atoms with Crippen molar-refractivity contribution in [1.29, 1.82) is 5.26 Å². The number of rotatable bonds is 2. The highest BCUT2D eigenvalue weighted by Crippen LogP contribution is 2.43. The molecule has 10 heteroatoms. The molecule has 1 aromatic carbocycles. The van der Waals surface area contributed by atoms with Crippen LogP contribution in [0, 0.1) is 11.3 Å². The van der Waals surface area contributed by atoms with E-state index in [2.05, 4.69) is 4.99 Å². The molecule has 1 aromatic rings. The molecular formula is C15H13N3O5S2. The van der Waals surface area contributed by atoms with Crippen molar-refractivity contribution in [1.82, 2.24) is 0 Å². The number of hydrogen-bond acceptors (Lipinski definition) is 7. The van der Waals surface area contributed by atoms with Crippen molar-refractivity contribution in [2.75, 3.05) is 23.2 Å². The summed E-state index contributed by atoms with van der Waals surface area (Å²) in [4.78, 5) is 17.6. The second kappa shape index (κ2) is 5.93. The number of benzene rings is 1. The van der Waals surface area contributed by atoms with Gasteiger partial charge in [0, 0.05) is 17.0 Å². The van der Waals surface area contributed by atoms with Crippen LogP contribution in [-0.2, 0) is 14.6 Å². The van der Waals surface area contributed by atoms with Gasteiger partial charge in [0.1, 0.15) is 6.42 Å². The van der Waals surface area contributed by atoms with Crippen LogP contribution >= 0.6 is 11.8 Å². The maximum absolute atomic E-state index is 12.0. The maximum Gasteiger partial charge on any atom is 0.262 e. The first kappa shape index (κ1) is 16.2. The van der Waals surface area contributed by atoms with Gasteiger partial charge in [-0.15, -0.1) is 0 Å². The molecule has 0 radical (unpaired) electrons. The zero-order valence-corrected chi connectivity index (χ0v) is 14.5. The summed E-state index contributed by atoms with van der Waals surface area (Å²) in [6, 6.07) is 6.75. The fraction of sp³-hybridized carbons (Fsp3) is 0.400. The van der Waals surface area contributed by atoms with E-state index in [1.807, 2.05) is 0 Å². The van der Waals surface area contributed by atoms with Crippen LogP contribution in [0.4, 0.5) is 5.69 Å². The third-order valence-electron chi connectivity index (χ3n) is 4.15. The number of fused-ring (bicyclic) bond motifs is 2. The Morgan fingerprint density at radius 3 is 2.96 bits per heavy atom. The number of nitriles is 1. The van der Waals surface area contributed by atoms with Gasteiger partial charge >= 0.3 is 0 Å². The number of carbonyl (C=O) groups excluding carboxylic acids is 1. The Kier molecular flexibility index (Phi) is 3.85. The number of anilines is 1. The van der Waals surface area contributed by atoms with E-state index in [4.69, 9.17) is 14.7 Å². The third kappa shape index (κ3) is 2.94. The molecule has 0 aromatic heterocycles. The number of carbonyl (C=O) groups is 1. The summed E-state index contributed by atoms with van der Waals surface area (Å²) in [5.41, 5.74) is 0.685. The van der Waals surface area contributed by atoms with Gasteiger partial charge in [0.25, 0.3) is 5.91 Å². The number of amides is 1. The van der Waals surface area contributed by atoms with Crippen LogP contribution in [0.3, 0.4) is 0 Å². The van der Waals surface area contributed by atoms with Crippen LogP contribution in [-0.4, -0.2) is 49.1 Å². The molecule has 4 rings (SSSR count). The minimum atomic E-state index is -3.13. The molecule has 8 nitrogen and oxygen atoms in total. The Labute approximate surface area is 148 Å². The number of sulfone groups is 1. The molecule has 0 bridgehead atoms. The van der Waals surface area contributed by atoms with Crippen LogP contribution in [0.15, 0.2) is 23.2 Å². The zero-order chi connectivity index (χ0) is 17.6. The summed E-state index contributed by atoms with van der Waals surface area (Å²) < 4.78 is 34.7. The van der Waals surface area contributed by atoms with E-state index in [0.29, 0.717) is 22.4 Å². The molecule has 1 amide bonds. The Bertz CT molecular complexity index is 922. The minimum Gasteiger partial charge on any atom is -0.454 e. The third-order valence-corrected chi connectivity index (χ3v) is 7.36. The van der Waals surface area contributed by atoms with E-state index < -0.39 is 15.7 Å². The number of nitrogens with zero attached hydrogens (tertiary/aromatic N) is 3. The Morgan fingerprint density at radius 2 is 2.16 bits per heavy atom. The highest BCUT2D eigenvalue weighted by Gasteiger charge is 2.49. The van der Waals surface area contributed by atoms with E-state index in [-0.39, 0.29) is 36.0 Å². The first-order valence-corrected chi connectivity index (χ1v) is 10.2. The summed E-state index contributed by atoms with van der Waals surface area (Å²) in [5, 5.41) is 8.89. The standard InChI is InChI=1S/C15H13N3O5S2/c16-4-3-14(19)17-15-18(10-6-25(20,21)7-13(10)24-15)9-1-2-11-12(5-9)23-8-22-11/h1-2,5,10,13H,3,6-8H2/t10-,13-/m1/s1. The Morgan fingerprint density at radius 1 is 1.36 bits per heavy atom. The summed E-state index contributed by atoms with van der Waals surface area (Å²) in [6.07, 6.45) is -0.313. The molecule has 0 aliphatic carbocycles. The SMILES string of the molecule is N#CCC(=O)N=C1S[C@@H]2CS(=O)(=O)C[C@H]2N1c1ccc2c(c1)OCO2. The summed E-state index contributed by atoms with van der Waals surface area (Å²) in [7, 11) is -3.13. The number of thioether (sulfide) groups is 1. The van der Waals surface area contributed by atoms with Gasteiger partial charge in [0.05, 0.1) is 23.6 Å². The number of aliphatic imine (C=N–C) groups is 1. The lowest BCUT2D eigenvalue weighted by molar-refractivity contribution is -0.116. The van der Waals surface area contributed by atoms with Gasteiger partial charge in [0.2, 0.25) is 6.79 Å². The van der Waals surface area contributed by atoms with Gasteiger partial charge in [0.15, 0.2) is 26.5 Å². The quantitative estimate of drug-likeness (QED) is 0.746. The zero-order valence-electron chi connectivity index (χ0n) is 12.9. The Hall–Kier alpha value is -2.25. The van der Waals surface area contributed by atoms with E-state index >= 15 is 0 Å². The number of hydrogen-bond donors (Lipinski definition) is 0. The molecule has 0 unspecified atom stereocenters. The van der Waals surface area contributed by atoms with Crippen LogP contribution in [0.2, 0.25) is 0 Å². The topological polar surface area (TPSA) is 109 Å². The lowest BCUT2D eigenvalue weighted by Crippen LogP contribution is -2.37. The van der Waals surface area contributed by atoms with Gasteiger partial charge < -0.3 is 14.4 Å². The van der Waals surface area contributed by atoms with Gasteiger partial charge in [-0.1, -0.05) is 11.8 Å². The van der Waals surface area contributed by atoms with Gasteiger partial charge in [-0.05, 0) is 12.1 Å². The maximum atomic E-state index is 12.0. The van der Waals surface area contributed by atoms with E-state index in [9.17, 15) is 13.2 Å². The average molecular weight is 379 g/mol. The first-order valence-electron chi connectivity index (χ1n) is 7.51. The molecule has 3 aliphatic rings. The van der Waals surface area contributed by atoms with Crippen LogP contribution in [0.1, 0.15) is 6.42 Å². The predicted molar refractivity (Wildman–Crippen MR) is 91.5 cm³/mol. The lowest BCUT2D eigenvalue weighted by atomic mass is 10.2. The van der Waals surface area contributed by atoms with Gasteiger partial charge in [-0.25, -0.2) is 8.42 Å². The molecule has 2 atom stereocenters. The molecule has 2 fully saturated rings.